The SMILES string of the molecule is CC(=O)N[C@@H](C(=O)O[C@H](C)C(=O)Nc1ccc(S(=O)(=O)NC(C)C)cc1)C(C)C. The van der Waals surface area contributed by atoms with Crippen LogP contribution in [0, 0.1) is 5.92 Å². The van der Waals surface area contributed by atoms with Crippen molar-refractivity contribution in [3.8, 4) is 0 Å². The van der Waals surface area contributed by atoms with Crippen molar-refractivity contribution < 1.29 is 27.5 Å². The lowest BCUT2D eigenvalue weighted by atomic mass is 10.0. The van der Waals surface area contributed by atoms with Gasteiger partial charge in [0.15, 0.2) is 6.10 Å². The summed E-state index contributed by atoms with van der Waals surface area (Å²) < 4.78 is 31.9. The summed E-state index contributed by atoms with van der Waals surface area (Å²) in [6.45, 7) is 9.62. The Morgan fingerprint density at radius 1 is 0.966 bits per heavy atom. The van der Waals surface area contributed by atoms with Gasteiger partial charge in [0.25, 0.3) is 5.91 Å². The van der Waals surface area contributed by atoms with Crippen molar-refractivity contribution in [2.45, 2.75) is 64.6 Å². The lowest BCUT2D eigenvalue weighted by Crippen LogP contribution is -2.46. The predicted molar refractivity (Wildman–Crippen MR) is 109 cm³/mol. The first-order chi connectivity index (χ1) is 13.3. The van der Waals surface area contributed by atoms with Gasteiger partial charge in [-0.25, -0.2) is 17.9 Å². The molecule has 9 nitrogen and oxygen atoms in total. The predicted octanol–water partition coefficient (Wildman–Crippen LogP) is 1.40. The van der Waals surface area contributed by atoms with Gasteiger partial charge in [0.05, 0.1) is 4.90 Å². The summed E-state index contributed by atoms with van der Waals surface area (Å²) in [4.78, 5) is 35.8. The summed E-state index contributed by atoms with van der Waals surface area (Å²) in [5.74, 6) is -1.88. The number of hydrogen-bond acceptors (Lipinski definition) is 6. The van der Waals surface area contributed by atoms with E-state index in [4.69, 9.17) is 4.74 Å². The van der Waals surface area contributed by atoms with Crippen LogP contribution in [0.15, 0.2) is 29.2 Å². The number of esters is 1. The molecular formula is C19H29N3O6S. The van der Waals surface area contributed by atoms with E-state index in [-0.39, 0.29) is 22.8 Å². The minimum Gasteiger partial charge on any atom is -0.451 e. The zero-order chi connectivity index (χ0) is 22.4. The van der Waals surface area contributed by atoms with Crippen molar-refractivity contribution >= 4 is 33.5 Å². The molecule has 0 bridgehead atoms. The highest BCUT2D eigenvalue weighted by Crippen LogP contribution is 2.15. The Morgan fingerprint density at radius 2 is 1.52 bits per heavy atom. The summed E-state index contributed by atoms with van der Waals surface area (Å²) in [5.41, 5.74) is 0.351. The number of sulfonamides is 1. The van der Waals surface area contributed by atoms with Crippen molar-refractivity contribution in [1.29, 1.82) is 0 Å². The summed E-state index contributed by atoms with van der Waals surface area (Å²) in [7, 11) is -3.63. The van der Waals surface area contributed by atoms with Gasteiger partial charge >= 0.3 is 5.97 Å². The Bertz CT molecular complexity index is 834. The standard InChI is InChI=1S/C19H29N3O6S/c1-11(2)17(20-14(6)23)19(25)28-13(5)18(24)21-15-7-9-16(10-8-15)29(26,27)22-12(3)4/h7-13,17,22H,1-6H3,(H,20,23)(H,21,24)/t13-,17-/m1/s1. The second kappa shape index (κ2) is 10.4. The summed E-state index contributed by atoms with van der Waals surface area (Å²) in [5, 5.41) is 5.06. The largest absolute Gasteiger partial charge is 0.451 e. The van der Waals surface area contributed by atoms with Gasteiger partial charge in [-0.05, 0) is 51.0 Å². The Morgan fingerprint density at radius 3 is 1.97 bits per heavy atom. The van der Waals surface area contributed by atoms with Crippen LogP contribution in [0.4, 0.5) is 5.69 Å². The molecule has 0 radical (unpaired) electrons. The number of rotatable bonds is 9. The summed E-state index contributed by atoms with van der Waals surface area (Å²) in [6.07, 6.45) is -1.11. The monoisotopic (exact) mass is 427 g/mol. The highest BCUT2D eigenvalue weighted by Gasteiger charge is 2.28. The van der Waals surface area contributed by atoms with E-state index in [1.165, 1.54) is 38.1 Å². The minimum absolute atomic E-state index is 0.0683. The number of nitrogens with one attached hydrogen (secondary N) is 3. The van der Waals surface area contributed by atoms with E-state index >= 15 is 0 Å². The number of anilines is 1. The number of ether oxygens (including phenoxy) is 1. The second-order valence-electron chi connectivity index (χ2n) is 7.29. The molecule has 0 fully saturated rings. The van der Waals surface area contributed by atoms with Gasteiger partial charge in [-0.15, -0.1) is 0 Å². The van der Waals surface area contributed by atoms with Crippen molar-refractivity contribution in [2.75, 3.05) is 5.32 Å². The lowest BCUT2D eigenvalue weighted by Gasteiger charge is -2.22. The van der Waals surface area contributed by atoms with Crippen LogP contribution in [0.2, 0.25) is 0 Å². The fourth-order valence-corrected chi connectivity index (χ4v) is 3.61. The zero-order valence-corrected chi connectivity index (χ0v) is 18.3. The molecule has 0 aliphatic carbocycles. The topological polar surface area (TPSA) is 131 Å². The Kier molecular flexibility index (Phi) is 8.78. The van der Waals surface area contributed by atoms with Crippen molar-refractivity contribution in [3.05, 3.63) is 24.3 Å². The Balaban J connectivity index is 2.75. The van der Waals surface area contributed by atoms with Crippen LogP contribution in [0.3, 0.4) is 0 Å². The van der Waals surface area contributed by atoms with Crippen LogP contribution in [0.5, 0.6) is 0 Å². The maximum absolute atomic E-state index is 12.3. The van der Waals surface area contributed by atoms with Gasteiger partial charge < -0.3 is 15.4 Å². The summed E-state index contributed by atoms with van der Waals surface area (Å²) in [6, 6.07) is 4.50. The highest BCUT2D eigenvalue weighted by atomic mass is 32.2. The Labute approximate surface area is 171 Å². The van der Waals surface area contributed by atoms with Gasteiger partial charge in [-0.1, -0.05) is 13.8 Å². The molecule has 1 rings (SSSR count). The van der Waals surface area contributed by atoms with Crippen LogP contribution in [0.25, 0.3) is 0 Å². The molecule has 0 unspecified atom stereocenters. The van der Waals surface area contributed by atoms with Gasteiger partial charge in [-0.2, -0.15) is 0 Å². The Hall–Kier alpha value is -2.46. The number of benzene rings is 1. The highest BCUT2D eigenvalue weighted by molar-refractivity contribution is 7.89. The molecule has 0 saturated heterocycles. The fraction of sp³-hybridized carbons (Fsp3) is 0.526. The number of hydrogen-bond donors (Lipinski definition) is 3. The zero-order valence-electron chi connectivity index (χ0n) is 17.5. The van der Waals surface area contributed by atoms with Crippen molar-refractivity contribution in [2.24, 2.45) is 5.92 Å². The minimum atomic E-state index is -3.63. The third kappa shape index (κ3) is 7.82. The first-order valence-electron chi connectivity index (χ1n) is 9.24. The van der Waals surface area contributed by atoms with Crippen LogP contribution in [-0.4, -0.2) is 44.4 Å². The van der Waals surface area contributed by atoms with E-state index in [0.717, 1.165) is 0 Å². The molecule has 1 aromatic carbocycles. The molecule has 1 aromatic rings. The molecule has 0 aliphatic heterocycles. The molecule has 0 heterocycles. The molecule has 3 N–H and O–H groups in total. The first-order valence-corrected chi connectivity index (χ1v) is 10.7. The van der Waals surface area contributed by atoms with Crippen LogP contribution in [0.1, 0.15) is 41.5 Å². The number of carbonyl (C=O) groups excluding carboxylic acids is 3. The third-order valence-corrected chi connectivity index (χ3v) is 5.44. The van der Waals surface area contributed by atoms with E-state index in [1.54, 1.807) is 27.7 Å². The molecular weight excluding hydrogens is 398 g/mol. The molecule has 162 valence electrons. The van der Waals surface area contributed by atoms with Gasteiger partial charge in [-0.3, -0.25) is 9.59 Å². The van der Waals surface area contributed by atoms with E-state index in [2.05, 4.69) is 15.4 Å². The number of amides is 2. The van der Waals surface area contributed by atoms with Crippen LogP contribution >= 0.6 is 0 Å². The van der Waals surface area contributed by atoms with E-state index in [1.807, 2.05) is 0 Å². The molecule has 10 heteroatoms. The summed E-state index contributed by atoms with van der Waals surface area (Å²) >= 11 is 0. The van der Waals surface area contributed by atoms with E-state index in [9.17, 15) is 22.8 Å². The van der Waals surface area contributed by atoms with Gasteiger partial charge in [0.2, 0.25) is 15.9 Å². The molecule has 0 spiro atoms. The van der Waals surface area contributed by atoms with E-state index in [0.29, 0.717) is 5.69 Å². The maximum atomic E-state index is 12.3. The average molecular weight is 428 g/mol. The second-order valence-corrected chi connectivity index (χ2v) is 9.00. The van der Waals surface area contributed by atoms with E-state index < -0.39 is 34.0 Å². The molecule has 29 heavy (non-hydrogen) atoms. The quantitative estimate of drug-likeness (QED) is 0.511. The van der Waals surface area contributed by atoms with Crippen LogP contribution < -0.4 is 15.4 Å². The van der Waals surface area contributed by atoms with Crippen molar-refractivity contribution in [3.63, 3.8) is 0 Å². The normalized spacial score (nSPS) is 13.7. The van der Waals surface area contributed by atoms with Crippen LogP contribution in [-0.2, 0) is 29.1 Å². The maximum Gasteiger partial charge on any atom is 0.329 e. The fourth-order valence-electron chi connectivity index (χ4n) is 2.36. The molecule has 0 aliphatic rings. The third-order valence-electron chi connectivity index (χ3n) is 3.76. The van der Waals surface area contributed by atoms with Gasteiger partial charge in [0, 0.05) is 18.7 Å². The average Bonchev–Trinajstić information content (AvgIpc) is 2.58. The molecule has 0 aromatic heterocycles. The molecule has 2 atom stereocenters. The lowest BCUT2D eigenvalue weighted by molar-refractivity contribution is -0.157. The first kappa shape index (κ1) is 24.6. The smallest absolute Gasteiger partial charge is 0.329 e. The van der Waals surface area contributed by atoms with Gasteiger partial charge in [0.1, 0.15) is 6.04 Å². The number of carbonyl (C=O) groups is 3. The molecule has 0 saturated carbocycles. The van der Waals surface area contributed by atoms with Crippen molar-refractivity contribution in [1.82, 2.24) is 10.0 Å². The molecule has 2 amide bonds.